The van der Waals surface area contributed by atoms with Crippen LogP contribution >= 0.6 is 0 Å². The highest BCUT2D eigenvalue weighted by Gasteiger charge is 2.30. The lowest BCUT2D eigenvalue weighted by molar-refractivity contribution is -0.141. The minimum Gasteiger partial charge on any atom is -0.496 e. The average Bonchev–Trinajstić information content (AvgIpc) is 3.28. The maximum atomic E-state index is 11.1. The Morgan fingerprint density at radius 3 is 2.93 bits per heavy atom. The molecule has 0 radical (unpaired) electrons. The van der Waals surface area contributed by atoms with Gasteiger partial charge in [-0.15, -0.1) is 5.10 Å². The van der Waals surface area contributed by atoms with E-state index in [0.29, 0.717) is 30.0 Å². The minimum atomic E-state index is -0.743. The second-order valence-corrected chi connectivity index (χ2v) is 6.75. The second kappa shape index (κ2) is 6.82. The third kappa shape index (κ3) is 3.27. The molecule has 4 rings (SSSR count). The van der Waals surface area contributed by atoms with Gasteiger partial charge in [0.1, 0.15) is 5.75 Å². The van der Waals surface area contributed by atoms with Crippen LogP contribution in [0, 0.1) is 12.8 Å². The van der Waals surface area contributed by atoms with Crippen LogP contribution in [-0.4, -0.2) is 49.2 Å². The van der Waals surface area contributed by atoms with Crippen molar-refractivity contribution in [3.8, 4) is 11.4 Å². The molecule has 0 saturated heterocycles. The van der Waals surface area contributed by atoms with E-state index in [-0.39, 0.29) is 12.0 Å². The van der Waals surface area contributed by atoms with E-state index in [4.69, 9.17) is 9.84 Å². The van der Waals surface area contributed by atoms with Crippen molar-refractivity contribution in [1.82, 2.24) is 25.0 Å². The van der Waals surface area contributed by atoms with Crippen LogP contribution < -0.4 is 10.1 Å². The number of carbonyl (C=O) groups is 1. The summed E-state index contributed by atoms with van der Waals surface area (Å²) in [7, 11) is 1.63. The SMILES string of the molecule is COc1ccc(-n2nnc3cnc(N[C@@H]4CC[C@@H](C(=O)O)C4)nc32)cc1C. The average molecular weight is 368 g/mol. The van der Waals surface area contributed by atoms with E-state index in [1.807, 2.05) is 25.1 Å². The monoisotopic (exact) mass is 368 g/mol. The molecule has 0 bridgehead atoms. The molecule has 2 aromatic heterocycles. The van der Waals surface area contributed by atoms with Crippen LogP contribution in [0.2, 0.25) is 0 Å². The van der Waals surface area contributed by atoms with Crippen molar-refractivity contribution in [2.45, 2.75) is 32.2 Å². The molecule has 9 heteroatoms. The first-order valence-electron chi connectivity index (χ1n) is 8.78. The van der Waals surface area contributed by atoms with Gasteiger partial charge < -0.3 is 15.2 Å². The van der Waals surface area contributed by atoms with Crippen molar-refractivity contribution in [2.75, 3.05) is 12.4 Å². The van der Waals surface area contributed by atoms with Crippen LogP contribution in [0.3, 0.4) is 0 Å². The number of aliphatic carboxylic acids is 1. The number of anilines is 1. The zero-order valence-corrected chi connectivity index (χ0v) is 15.1. The van der Waals surface area contributed by atoms with Gasteiger partial charge in [0.2, 0.25) is 5.95 Å². The number of hydrogen-bond acceptors (Lipinski definition) is 7. The van der Waals surface area contributed by atoms with E-state index in [1.165, 1.54) is 0 Å². The van der Waals surface area contributed by atoms with Crippen molar-refractivity contribution in [3.05, 3.63) is 30.0 Å². The molecule has 1 aliphatic carbocycles. The number of fused-ring (bicyclic) bond motifs is 1. The van der Waals surface area contributed by atoms with Crippen molar-refractivity contribution in [3.63, 3.8) is 0 Å². The number of ether oxygens (including phenoxy) is 1. The number of benzene rings is 1. The third-order valence-electron chi connectivity index (χ3n) is 4.93. The Kier molecular flexibility index (Phi) is 4.35. The van der Waals surface area contributed by atoms with Crippen LogP contribution in [0.1, 0.15) is 24.8 Å². The summed E-state index contributed by atoms with van der Waals surface area (Å²) < 4.78 is 6.96. The third-order valence-corrected chi connectivity index (χ3v) is 4.93. The Balaban J connectivity index is 1.62. The highest BCUT2D eigenvalue weighted by molar-refractivity contribution is 5.72. The standard InChI is InChI=1S/C18H20N6O3/c1-10-7-13(5-6-15(10)27-2)24-16-14(22-23-24)9-19-18(21-16)20-12-4-3-11(8-12)17(25)26/h5-7,9,11-12H,3-4,8H2,1-2H3,(H,25,26)(H,19,20,21)/t11-,12-/m1/s1. The van der Waals surface area contributed by atoms with Gasteiger partial charge in [-0.2, -0.15) is 9.67 Å². The quantitative estimate of drug-likeness (QED) is 0.704. The minimum absolute atomic E-state index is 0.0520. The number of nitrogens with one attached hydrogen (secondary N) is 1. The molecule has 2 N–H and O–H groups in total. The molecule has 9 nitrogen and oxygen atoms in total. The Morgan fingerprint density at radius 2 is 2.22 bits per heavy atom. The fourth-order valence-electron chi connectivity index (χ4n) is 3.49. The molecule has 27 heavy (non-hydrogen) atoms. The maximum absolute atomic E-state index is 11.1. The number of aryl methyl sites for hydroxylation is 1. The Hall–Kier alpha value is -3.23. The number of rotatable bonds is 5. The number of carboxylic acid groups (broad SMARTS) is 1. The Morgan fingerprint density at radius 1 is 1.37 bits per heavy atom. The van der Waals surface area contributed by atoms with Gasteiger partial charge >= 0.3 is 5.97 Å². The highest BCUT2D eigenvalue weighted by atomic mass is 16.5. The van der Waals surface area contributed by atoms with E-state index in [2.05, 4.69) is 25.6 Å². The van der Waals surface area contributed by atoms with Crippen molar-refractivity contribution in [2.24, 2.45) is 5.92 Å². The molecule has 2 atom stereocenters. The topological polar surface area (TPSA) is 115 Å². The summed E-state index contributed by atoms with van der Waals surface area (Å²) in [5, 5.41) is 20.7. The van der Waals surface area contributed by atoms with Crippen LogP contribution in [0.25, 0.3) is 16.9 Å². The van der Waals surface area contributed by atoms with Crippen LogP contribution in [-0.2, 0) is 4.79 Å². The first kappa shape index (κ1) is 17.2. The molecule has 2 heterocycles. The predicted octanol–water partition coefficient (Wildman–Crippen LogP) is 2.19. The Bertz CT molecular complexity index is 1000. The van der Waals surface area contributed by atoms with Crippen molar-refractivity contribution in [1.29, 1.82) is 0 Å². The summed E-state index contributed by atoms with van der Waals surface area (Å²) >= 11 is 0. The lowest BCUT2D eigenvalue weighted by atomic mass is 10.1. The fraction of sp³-hybridized carbons (Fsp3) is 0.389. The molecule has 0 aliphatic heterocycles. The Labute approximate surface area is 155 Å². The molecule has 1 saturated carbocycles. The van der Waals surface area contributed by atoms with E-state index in [9.17, 15) is 4.79 Å². The van der Waals surface area contributed by atoms with Crippen LogP contribution in [0.15, 0.2) is 24.4 Å². The lowest BCUT2D eigenvalue weighted by Gasteiger charge is -2.12. The number of carboxylic acids is 1. The predicted molar refractivity (Wildman–Crippen MR) is 98.1 cm³/mol. The summed E-state index contributed by atoms with van der Waals surface area (Å²) in [6.45, 7) is 1.96. The highest BCUT2D eigenvalue weighted by Crippen LogP contribution is 2.28. The number of methoxy groups -OCH3 is 1. The fourth-order valence-corrected chi connectivity index (χ4v) is 3.49. The summed E-state index contributed by atoms with van der Waals surface area (Å²) in [4.78, 5) is 20.0. The van der Waals surface area contributed by atoms with Gasteiger partial charge in [-0.25, -0.2) is 4.98 Å². The number of aromatic nitrogens is 5. The summed E-state index contributed by atoms with van der Waals surface area (Å²) in [5.41, 5.74) is 2.98. The summed E-state index contributed by atoms with van der Waals surface area (Å²) in [6.07, 6.45) is 3.65. The van der Waals surface area contributed by atoms with Gasteiger partial charge in [0.25, 0.3) is 0 Å². The molecule has 1 fully saturated rings. The second-order valence-electron chi connectivity index (χ2n) is 6.75. The zero-order chi connectivity index (χ0) is 19.0. The van der Waals surface area contributed by atoms with E-state index in [1.54, 1.807) is 18.0 Å². The van der Waals surface area contributed by atoms with E-state index in [0.717, 1.165) is 23.4 Å². The summed E-state index contributed by atoms with van der Waals surface area (Å²) in [5.74, 6) is 0.204. The molecule has 3 aromatic rings. The van der Waals surface area contributed by atoms with Gasteiger partial charge in [0, 0.05) is 6.04 Å². The molecule has 1 aromatic carbocycles. The molecule has 0 spiro atoms. The summed E-state index contributed by atoms with van der Waals surface area (Å²) in [6, 6.07) is 5.78. The maximum Gasteiger partial charge on any atom is 0.306 e. The van der Waals surface area contributed by atoms with Gasteiger partial charge in [-0.3, -0.25) is 4.79 Å². The van der Waals surface area contributed by atoms with E-state index >= 15 is 0 Å². The van der Waals surface area contributed by atoms with Gasteiger partial charge in [-0.05, 0) is 49.9 Å². The van der Waals surface area contributed by atoms with Crippen molar-refractivity contribution < 1.29 is 14.6 Å². The van der Waals surface area contributed by atoms with Crippen molar-refractivity contribution >= 4 is 23.1 Å². The molecule has 1 aliphatic rings. The smallest absolute Gasteiger partial charge is 0.306 e. The molecule has 0 amide bonds. The molecular formula is C18H20N6O3. The zero-order valence-electron chi connectivity index (χ0n) is 15.1. The first-order chi connectivity index (χ1) is 13.0. The normalized spacial score (nSPS) is 19.3. The van der Waals surface area contributed by atoms with Gasteiger partial charge in [0.15, 0.2) is 11.2 Å². The first-order valence-corrected chi connectivity index (χ1v) is 8.78. The largest absolute Gasteiger partial charge is 0.496 e. The number of nitrogens with zero attached hydrogens (tertiary/aromatic N) is 5. The van der Waals surface area contributed by atoms with Crippen LogP contribution in [0.4, 0.5) is 5.95 Å². The van der Waals surface area contributed by atoms with Crippen LogP contribution in [0.5, 0.6) is 5.75 Å². The molecule has 0 unspecified atom stereocenters. The van der Waals surface area contributed by atoms with Gasteiger partial charge in [-0.1, -0.05) is 5.21 Å². The lowest BCUT2D eigenvalue weighted by Crippen LogP contribution is -2.19. The van der Waals surface area contributed by atoms with E-state index < -0.39 is 5.97 Å². The molecule has 140 valence electrons. The molecular weight excluding hydrogens is 348 g/mol. The number of hydrogen-bond donors (Lipinski definition) is 2. The van der Waals surface area contributed by atoms with Gasteiger partial charge in [0.05, 0.1) is 24.9 Å².